The van der Waals surface area contributed by atoms with E-state index in [1.54, 1.807) is 58.4 Å². The van der Waals surface area contributed by atoms with Gasteiger partial charge in [-0.2, -0.15) is 4.31 Å². The molecule has 2 aromatic carbocycles. The molecule has 1 aromatic heterocycles. The van der Waals surface area contributed by atoms with Gasteiger partial charge in [0.1, 0.15) is 5.82 Å². The maximum atomic E-state index is 12.9. The van der Waals surface area contributed by atoms with Gasteiger partial charge in [-0.3, -0.25) is 4.79 Å². The Kier molecular flexibility index (Phi) is 5.27. The van der Waals surface area contributed by atoms with Crippen molar-refractivity contribution >= 4 is 27.0 Å². The minimum absolute atomic E-state index is 0.103. The summed E-state index contributed by atoms with van der Waals surface area (Å²) in [4.78, 5) is 18.5. The molecule has 0 bridgehead atoms. The number of aromatic nitrogens is 2. The van der Waals surface area contributed by atoms with E-state index in [1.165, 1.54) is 9.21 Å². The summed E-state index contributed by atoms with van der Waals surface area (Å²) in [7, 11) is 3.14. The Morgan fingerprint density at radius 1 is 1.11 bits per heavy atom. The van der Waals surface area contributed by atoms with Crippen molar-refractivity contribution in [2.45, 2.75) is 18.4 Å². The molecule has 0 fully saturated rings. The molecule has 0 saturated carbocycles. The van der Waals surface area contributed by atoms with Gasteiger partial charge in [0.15, 0.2) is 0 Å². The van der Waals surface area contributed by atoms with Gasteiger partial charge >= 0.3 is 0 Å². The first-order chi connectivity index (χ1) is 13.1. The fourth-order valence-electron chi connectivity index (χ4n) is 3.08. The monoisotopic (exact) mass is 400 g/mol. The Labute approximate surface area is 165 Å². The van der Waals surface area contributed by atoms with Gasteiger partial charge < -0.3 is 9.47 Å². The normalized spacial score (nSPS) is 11.9. The molecule has 8 heteroatoms. The standard InChI is InChI=1S/C20H24N4O3S/c1-14-8-6-7-9-18(14)28(26,27)23(4)13-19-21-16-12-15(20(25)22(2)3)10-11-17(16)24(19)5/h6-12H,13H2,1-5H3. The zero-order valence-corrected chi connectivity index (χ0v) is 17.5. The number of sulfonamides is 1. The van der Waals surface area contributed by atoms with Gasteiger partial charge in [-0.15, -0.1) is 0 Å². The Morgan fingerprint density at radius 2 is 1.79 bits per heavy atom. The van der Waals surface area contributed by atoms with Crippen molar-refractivity contribution in [3.05, 3.63) is 59.4 Å². The number of carbonyl (C=O) groups excluding carboxylic acids is 1. The molecule has 28 heavy (non-hydrogen) atoms. The third-order valence-corrected chi connectivity index (χ3v) is 6.74. The van der Waals surface area contributed by atoms with Gasteiger partial charge in [0.25, 0.3) is 5.91 Å². The van der Waals surface area contributed by atoms with Crippen LogP contribution in [0, 0.1) is 6.92 Å². The molecule has 7 nitrogen and oxygen atoms in total. The van der Waals surface area contributed by atoms with Crippen LogP contribution < -0.4 is 0 Å². The molecule has 0 saturated heterocycles. The van der Waals surface area contributed by atoms with E-state index in [1.807, 2.05) is 23.7 Å². The number of amides is 1. The van der Waals surface area contributed by atoms with E-state index in [0.29, 0.717) is 22.5 Å². The predicted octanol–water partition coefficient (Wildman–Crippen LogP) is 2.40. The summed E-state index contributed by atoms with van der Waals surface area (Å²) in [5.41, 5.74) is 2.74. The zero-order valence-electron chi connectivity index (χ0n) is 16.7. The van der Waals surface area contributed by atoms with E-state index >= 15 is 0 Å². The summed E-state index contributed by atoms with van der Waals surface area (Å²) in [6.07, 6.45) is 0. The van der Waals surface area contributed by atoms with Gasteiger partial charge in [0.05, 0.1) is 22.5 Å². The number of benzene rings is 2. The first kappa shape index (κ1) is 20.0. The molecule has 1 amide bonds. The Balaban J connectivity index is 1.95. The number of carbonyl (C=O) groups is 1. The highest BCUT2D eigenvalue weighted by molar-refractivity contribution is 7.89. The van der Waals surface area contributed by atoms with Crippen molar-refractivity contribution in [3.63, 3.8) is 0 Å². The summed E-state index contributed by atoms with van der Waals surface area (Å²) < 4.78 is 29.0. The lowest BCUT2D eigenvalue weighted by Gasteiger charge is -2.18. The maximum absolute atomic E-state index is 12.9. The third-order valence-electron chi connectivity index (χ3n) is 4.77. The van der Waals surface area contributed by atoms with Crippen molar-refractivity contribution in [1.29, 1.82) is 0 Å². The first-order valence-electron chi connectivity index (χ1n) is 8.82. The van der Waals surface area contributed by atoms with Crippen molar-refractivity contribution < 1.29 is 13.2 Å². The SMILES string of the molecule is Cc1ccccc1S(=O)(=O)N(C)Cc1nc2cc(C(=O)N(C)C)ccc2n1C. The smallest absolute Gasteiger partial charge is 0.253 e. The third kappa shape index (κ3) is 3.53. The van der Waals surface area contributed by atoms with Crippen LogP contribution in [0.2, 0.25) is 0 Å². The van der Waals surface area contributed by atoms with E-state index in [2.05, 4.69) is 4.98 Å². The fourth-order valence-corrected chi connectivity index (χ4v) is 4.43. The lowest BCUT2D eigenvalue weighted by molar-refractivity contribution is 0.0827. The number of aryl methyl sites for hydroxylation is 2. The van der Waals surface area contributed by atoms with Crippen LogP contribution in [0.25, 0.3) is 11.0 Å². The van der Waals surface area contributed by atoms with E-state index in [4.69, 9.17) is 0 Å². The second-order valence-electron chi connectivity index (χ2n) is 7.02. The highest BCUT2D eigenvalue weighted by Gasteiger charge is 2.24. The molecule has 0 unspecified atom stereocenters. The number of nitrogens with zero attached hydrogens (tertiary/aromatic N) is 4. The minimum Gasteiger partial charge on any atom is -0.345 e. The molecule has 0 N–H and O–H groups in total. The van der Waals surface area contributed by atoms with Crippen molar-refractivity contribution in [2.24, 2.45) is 7.05 Å². The number of hydrogen-bond acceptors (Lipinski definition) is 4. The van der Waals surface area contributed by atoms with Crippen molar-refractivity contribution in [3.8, 4) is 0 Å². The fraction of sp³-hybridized carbons (Fsp3) is 0.300. The van der Waals surface area contributed by atoms with Gasteiger partial charge in [-0.05, 0) is 36.8 Å². The molecule has 0 aliphatic rings. The lowest BCUT2D eigenvalue weighted by Crippen LogP contribution is -2.28. The van der Waals surface area contributed by atoms with Crippen LogP contribution in [0.4, 0.5) is 0 Å². The molecule has 1 heterocycles. The highest BCUT2D eigenvalue weighted by Crippen LogP contribution is 2.22. The largest absolute Gasteiger partial charge is 0.345 e. The minimum atomic E-state index is -3.64. The van der Waals surface area contributed by atoms with Crippen LogP contribution in [0.3, 0.4) is 0 Å². The quantitative estimate of drug-likeness (QED) is 0.659. The van der Waals surface area contributed by atoms with E-state index in [0.717, 1.165) is 5.52 Å². The van der Waals surface area contributed by atoms with E-state index < -0.39 is 10.0 Å². The second-order valence-corrected chi connectivity index (χ2v) is 9.03. The molecule has 148 valence electrons. The van der Waals surface area contributed by atoms with Crippen LogP contribution in [-0.2, 0) is 23.6 Å². The van der Waals surface area contributed by atoms with Crippen molar-refractivity contribution in [1.82, 2.24) is 18.8 Å². The highest BCUT2D eigenvalue weighted by atomic mass is 32.2. The Hall–Kier alpha value is -2.71. The molecule has 0 radical (unpaired) electrons. The molecule has 0 aliphatic carbocycles. The van der Waals surface area contributed by atoms with Gasteiger partial charge in [-0.25, -0.2) is 13.4 Å². The molecule has 3 aromatic rings. The summed E-state index contributed by atoms with van der Waals surface area (Å²) in [5, 5.41) is 0. The number of imidazole rings is 1. The molecular weight excluding hydrogens is 376 g/mol. The molecule has 0 aliphatic heterocycles. The Bertz CT molecular complexity index is 1150. The number of rotatable bonds is 5. The maximum Gasteiger partial charge on any atom is 0.253 e. The van der Waals surface area contributed by atoms with Crippen LogP contribution >= 0.6 is 0 Å². The second kappa shape index (κ2) is 7.37. The summed E-state index contributed by atoms with van der Waals surface area (Å²) in [6.45, 7) is 1.90. The molecular formula is C20H24N4O3S. The van der Waals surface area contributed by atoms with Crippen LogP contribution in [0.15, 0.2) is 47.4 Å². The molecule has 0 atom stereocenters. The van der Waals surface area contributed by atoms with Crippen molar-refractivity contribution in [2.75, 3.05) is 21.1 Å². The summed E-state index contributed by atoms with van der Waals surface area (Å²) >= 11 is 0. The van der Waals surface area contributed by atoms with Crippen LogP contribution in [-0.4, -0.2) is 54.2 Å². The van der Waals surface area contributed by atoms with Crippen LogP contribution in [0.1, 0.15) is 21.7 Å². The predicted molar refractivity (Wildman–Crippen MR) is 109 cm³/mol. The van der Waals surface area contributed by atoms with E-state index in [-0.39, 0.29) is 17.3 Å². The topological polar surface area (TPSA) is 75.5 Å². The van der Waals surface area contributed by atoms with Gasteiger partial charge in [0.2, 0.25) is 10.0 Å². The molecule has 3 rings (SSSR count). The Morgan fingerprint density at radius 3 is 2.43 bits per heavy atom. The average Bonchev–Trinajstić information content (AvgIpc) is 2.96. The van der Waals surface area contributed by atoms with Gasteiger partial charge in [-0.1, -0.05) is 18.2 Å². The summed E-state index contributed by atoms with van der Waals surface area (Å²) in [6, 6.07) is 12.2. The zero-order chi connectivity index (χ0) is 20.6. The van der Waals surface area contributed by atoms with E-state index in [9.17, 15) is 13.2 Å². The first-order valence-corrected chi connectivity index (χ1v) is 10.3. The summed E-state index contributed by atoms with van der Waals surface area (Å²) in [5.74, 6) is 0.498. The number of hydrogen-bond donors (Lipinski definition) is 0. The molecule has 0 spiro atoms. The lowest BCUT2D eigenvalue weighted by atomic mass is 10.2. The van der Waals surface area contributed by atoms with Crippen LogP contribution in [0.5, 0.6) is 0 Å². The van der Waals surface area contributed by atoms with Gasteiger partial charge in [0, 0.05) is 33.8 Å². The number of fused-ring (bicyclic) bond motifs is 1. The average molecular weight is 401 g/mol.